The molecular formula is C15H21BrN2. The molecule has 3 heteroatoms. The number of piperidine rings is 1. The Kier molecular flexibility index (Phi) is 3.73. The van der Waals surface area contributed by atoms with Gasteiger partial charge in [0.25, 0.3) is 0 Å². The number of hydrogen-bond donors (Lipinski definition) is 1. The normalized spacial score (nSPS) is 26.0. The van der Waals surface area contributed by atoms with Crippen molar-refractivity contribution in [1.29, 1.82) is 0 Å². The average molecular weight is 309 g/mol. The average Bonchev–Trinajstić information content (AvgIpc) is 2.36. The lowest BCUT2D eigenvalue weighted by atomic mass is 9.87. The predicted molar refractivity (Wildman–Crippen MR) is 79.2 cm³/mol. The van der Waals surface area contributed by atoms with Gasteiger partial charge < -0.3 is 10.2 Å². The highest BCUT2D eigenvalue weighted by molar-refractivity contribution is 9.10. The van der Waals surface area contributed by atoms with Gasteiger partial charge in [0.15, 0.2) is 0 Å². The number of nitrogens with one attached hydrogen (secondary N) is 1. The first-order chi connectivity index (χ1) is 8.74. The summed E-state index contributed by atoms with van der Waals surface area (Å²) in [5, 5.41) is 3.50. The second-order valence-electron chi connectivity index (χ2n) is 5.74. The molecule has 2 fully saturated rings. The van der Waals surface area contributed by atoms with Gasteiger partial charge in [0.2, 0.25) is 0 Å². The van der Waals surface area contributed by atoms with E-state index in [0.717, 1.165) is 12.5 Å². The maximum absolute atomic E-state index is 3.77. The van der Waals surface area contributed by atoms with Gasteiger partial charge in [-0.3, -0.25) is 0 Å². The number of benzene rings is 1. The quantitative estimate of drug-likeness (QED) is 0.903. The lowest BCUT2D eigenvalue weighted by molar-refractivity contribution is 0.189. The van der Waals surface area contributed by atoms with Crippen molar-refractivity contribution in [3.05, 3.63) is 33.8 Å². The first-order valence-electron chi connectivity index (χ1n) is 6.92. The van der Waals surface area contributed by atoms with E-state index in [1.807, 2.05) is 0 Å². The Labute approximate surface area is 118 Å². The van der Waals surface area contributed by atoms with Crippen molar-refractivity contribution in [2.45, 2.75) is 24.7 Å². The molecule has 0 saturated carbocycles. The van der Waals surface area contributed by atoms with Gasteiger partial charge in [-0.15, -0.1) is 0 Å². The zero-order chi connectivity index (χ0) is 12.5. The molecule has 18 heavy (non-hydrogen) atoms. The van der Waals surface area contributed by atoms with Crippen LogP contribution in [0.25, 0.3) is 0 Å². The third-order valence-corrected chi connectivity index (χ3v) is 4.98. The molecule has 2 nitrogen and oxygen atoms in total. The fraction of sp³-hybridized carbons (Fsp3) is 0.600. The Morgan fingerprint density at radius 2 is 2.11 bits per heavy atom. The lowest BCUT2D eigenvalue weighted by Crippen LogP contribution is -2.41. The molecule has 0 radical (unpaired) electrons. The molecule has 0 aromatic heterocycles. The summed E-state index contributed by atoms with van der Waals surface area (Å²) in [4.78, 5) is 2.37. The molecular weight excluding hydrogens is 288 g/mol. The fourth-order valence-electron chi connectivity index (χ4n) is 3.16. The molecule has 2 aliphatic heterocycles. The molecule has 1 unspecified atom stereocenters. The predicted octanol–water partition coefficient (Wildman–Crippen LogP) is 2.95. The van der Waals surface area contributed by atoms with Gasteiger partial charge in [-0.05, 0) is 49.5 Å². The van der Waals surface area contributed by atoms with Crippen LogP contribution in [0, 0.1) is 0 Å². The monoisotopic (exact) mass is 308 g/mol. The molecule has 0 aliphatic carbocycles. The van der Waals surface area contributed by atoms with Crippen LogP contribution in [0.15, 0.2) is 22.7 Å². The van der Waals surface area contributed by atoms with Crippen LogP contribution in [-0.4, -0.2) is 38.1 Å². The lowest BCUT2D eigenvalue weighted by Gasteiger charge is -2.37. The van der Waals surface area contributed by atoms with Crippen molar-refractivity contribution in [3.8, 4) is 0 Å². The summed E-state index contributed by atoms with van der Waals surface area (Å²) >= 11 is 3.77. The molecule has 2 saturated heterocycles. The van der Waals surface area contributed by atoms with Gasteiger partial charge in [-0.25, -0.2) is 0 Å². The number of halogens is 1. The third-order valence-electron chi connectivity index (χ3n) is 4.30. The van der Waals surface area contributed by atoms with Crippen molar-refractivity contribution in [1.82, 2.24) is 10.2 Å². The number of rotatable bonds is 2. The Hall–Kier alpha value is -0.380. The summed E-state index contributed by atoms with van der Waals surface area (Å²) in [5.41, 5.74) is 2.98. The van der Waals surface area contributed by atoms with Gasteiger partial charge in [-0.1, -0.05) is 28.1 Å². The van der Waals surface area contributed by atoms with E-state index in [2.05, 4.69) is 51.4 Å². The Bertz CT molecular complexity index is 421. The van der Waals surface area contributed by atoms with Crippen molar-refractivity contribution < 1.29 is 0 Å². The summed E-state index contributed by atoms with van der Waals surface area (Å²) in [6.07, 6.45) is 2.63. The number of likely N-dealkylation sites (tertiary alicyclic amines) is 1. The van der Waals surface area contributed by atoms with E-state index in [0.29, 0.717) is 5.92 Å². The summed E-state index contributed by atoms with van der Waals surface area (Å²) < 4.78 is 1.31. The summed E-state index contributed by atoms with van der Waals surface area (Å²) in [6.45, 7) is 4.72. The highest BCUT2D eigenvalue weighted by Crippen LogP contribution is 2.34. The third kappa shape index (κ3) is 2.49. The molecule has 98 valence electrons. The van der Waals surface area contributed by atoms with Crippen LogP contribution >= 0.6 is 15.9 Å². The Morgan fingerprint density at radius 3 is 2.72 bits per heavy atom. The van der Waals surface area contributed by atoms with Crippen molar-refractivity contribution in [2.75, 3.05) is 33.2 Å². The zero-order valence-electron chi connectivity index (χ0n) is 11.0. The van der Waals surface area contributed by atoms with E-state index < -0.39 is 0 Å². The van der Waals surface area contributed by atoms with E-state index in [9.17, 15) is 0 Å². The number of likely N-dealkylation sites (N-methyl/N-ethyl adjacent to an activating group) is 1. The number of hydrogen-bond acceptors (Lipinski definition) is 2. The molecule has 1 atom stereocenters. The van der Waals surface area contributed by atoms with E-state index in [1.54, 1.807) is 0 Å². The molecule has 2 aliphatic rings. The minimum Gasteiger partial charge on any atom is -0.316 e. The van der Waals surface area contributed by atoms with Crippen LogP contribution in [-0.2, 0) is 0 Å². The second-order valence-corrected chi connectivity index (χ2v) is 6.60. The molecule has 0 spiro atoms. The highest BCUT2D eigenvalue weighted by atomic mass is 79.9. The Morgan fingerprint density at radius 1 is 1.28 bits per heavy atom. The van der Waals surface area contributed by atoms with Crippen molar-refractivity contribution in [3.63, 3.8) is 0 Å². The minimum absolute atomic E-state index is 0.702. The fourth-order valence-corrected chi connectivity index (χ4v) is 3.88. The Balaban J connectivity index is 1.75. The van der Waals surface area contributed by atoms with Gasteiger partial charge in [-0.2, -0.15) is 0 Å². The van der Waals surface area contributed by atoms with Crippen LogP contribution < -0.4 is 5.32 Å². The van der Waals surface area contributed by atoms with Crippen molar-refractivity contribution >= 4 is 15.9 Å². The van der Waals surface area contributed by atoms with Gasteiger partial charge in [0, 0.05) is 30.0 Å². The number of nitrogens with zero attached hydrogens (tertiary/aromatic N) is 1. The van der Waals surface area contributed by atoms with Crippen LogP contribution in [0.3, 0.4) is 0 Å². The SMILES string of the molecule is CN1CC(c2ccc(C3CCCNC3)cc2Br)C1. The maximum atomic E-state index is 3.77. The molecule has 3 rings (SSSR count). The smallest absolute Gasteiger partial charge is 0.0213 e. The van der Waals surface area contributed by atoms with Crippen LogP contribution in [0.4, 0.5) is 0 Å². The first-order valence-corrected chi connectivity index (χ1v) is 7.72. The zero-order valence-corrected chi connectivity index (χ0v) is 12.5. The van der Waals surface area contributed by atoms with Gasteiger partial charge in [0.1, 0.15) is 0 Å². The van der Waals surface area contributed by atoms with E-state index in [1.165, 1.54) is 48.1 Å². The molecule has 1 aromatic rings. The summed E-state index contributed by atoms with van der Waals surface area (Å²) in [5.74, 6) is 1.43. The van der Waals surface area contributed by atoms with Crippen LogP contribution in [0.5, 0.6) is 0 Å². The molecule has 0 amide bonds. The van der Waals surface area contributed by atoms with E-state index in [4.69, 9.17) is 0 Å². The summed E-state index contributed by atoms with van der Waals surface area (Å²) in [6, 6.07) is 7.03. The molecule has 1 aromatic carbocycles. The molecule has 0 bridgehead atoms. The molecule has 1 N–H and O–H groups in total. The largest absolute Gasteiger partial charge is 0.316 e. The van der Waals surface area contributed by atoms with Gasteiger partial charge >= 0.3 is 0 Å². The van der Waals surface area contributed by atoms with Gasteiger partial charge in [0.05, 0.1) is 0 Å². The van der Waals surface area contributed by atoms with E-state index >= 15 is 0 Å². The standard InChI is InChI=1S/C15H21BrN2/c1-18-9-13(10-18)14-5-4-11(7-15(14)16)12-3-2-6-17-8-12/h4-5,7,12-13,17H,2-3,6,8-10H2,1H3. The molecule has 2 heterocycles. The van der Waals surface area contributed by atoms with E-state index in [-0.39, 0.29) is 0 Å². The second kappa shape index (κ2) is 5.32. The first kappa shape index (κ1) is 12.6. The maximum Gasteiger partial charge on any atom is 0.0213 e. The van der Waals surface area contributed by atoms with Crippen molar-refractivity contribution in [2.24, 2.45) is 0 Å². The summed E-state index contributed by atoms with van der Waals surface area (Å²) in [7, 11) is 2.19. The highest BCUT2D eigenvalue weighted by Gasteiger charge is 2.26. The topological polar surface area (TPSA) is 15.3 Å². The van der Waals surface area contributed by atoms with Crippen LogP contribution in [0.1, 0.15) is 35.8 Å². The van der Waals surface area contributed by atoms with Crippen LogP contribution in [0.2, 0.25) is 0 Å². The minimum atomic E-state index is 0.702.